The van der Waals surface area contributed by atoms with Gasteiger partial charge in [0.1, 0.15) is 33.5 Å². The molecular weight excluding hydrogens is 1110 g/mol. The predicted octanol–water partition coefficient (Wildman–Crippen LogP) is 24.6. The third-order valence-electron chi connectivity index (χ3n) is 20.2. The van der Waals surface area contributed by atoms with Gasteiger partial charge >= 0.3 is 0 Å². The van der Waals surface area contributed by atoms with E-state index in [1.165, 1.54) is 88.3 Å². The summed E-state index contributed by atoms with van der Waals surface area (Å²) in [4.78, 5) is 4.74. The molecule has 3 aromatic heterocycles. The maximum atomic E-state index is 6.95. The quantitative estimate of drug-likeness (QED) is 0.152. The van der Waals surface area contributed by atoms with Crippen LogP contribution in [0.15, 0.2) is 292 Å². The van der Waals surface area contributed by atoms with Crippen LogP contribution in [0.4, 0.5) is 34.1 Å². The summed E-state index contributed by atoms with van der Waals surface area (Å²) in [5.41, 5.74) is 26.0. The summed E-state index contributed by atoms with van der Waals surface area (Å²) in [5, 5.41) is 10.9. The highest BCUT2D eigenvalue weighted by molar-refractivity contribution is 6.19. The molecule has 0 radical (unpaired) electrons. The van der Waals surface area contributed by atoms with E-state index in [0.717, 1.165) is 99.9 Å². The van der Waals surface area contributed by atoms with Gasteiger partial charge in [-0.3, -0.25) is 0 Å². The largest absolute Gasteiger partial charge is 0.456 e. The van der Waals surface area contributed by atoms with Crippen molar-refractivity contribution in [2.45, 2.75) is 38.5 Å². The van der Waals surface area contributed by atoms with Crippen LogP contribution in [-0.2, 0) is 10.8 Å². The van der Waals surface area contributed by atoms with E-state index in [0.29, 0.717) is 0 Å². The monoisotopic (exact) mass is 1170 g/mol. The highest BCUT2D eigenvalue weighted by Crippen LogP contribution is 2.54. The van der Waals surface area contributed by atoms with E-state index in [1.807, 2.05) is 0 Å². The van der Waals surface area contributed by atoms with Gasteiger partial charge in [0.2, 0.25) is 0 Å². The van der Waals surface area contributed by atoms with Crippen LogP contribution in [0.5, 0.6) is 0 Å². The Morgan fingerprint density at radius 2 is 0.527 bits per heavy atom. The van der Waals surface area contributed by atoms with Crippen molar-refractivity contribution in [1.29, 1.82) is 0 Å². The van der Waals surface area contributed by atoms with Crippen LogP contribution < -0.4 is 9.80 Å². The zero-order valence-corrected chi connectivity index (χ0v) is 50.7. The highest BCUT2D eigenvalue weighted by atomic mass is 16.3. The molecule has 5 nitrogen and oxygen atoms in total. The zero-order valence-electron chi connectivity index (χ0n) is 50.7. The number of benzene rings is 14. The second kappa shape index (κ2) is 19.1. The molecule has 0 amide bonds. The SMILES string of the molecule is CC1(C)c2ccccc2-c2ccc(N(c3ccc(-c4cccc5ccccc45)cc3)c3ccc4c(c3)oc3cc5c(cc34)oc3cc4c(cc35)oc3cc(N(c5ccc(-c6cccc7ccccc67)cc5)c5ccc6c(c5)C(C)(C)c5ccccc5-6)ccc34)cc21. The number of hydrogen-bond donors (Lipinski definition) is 0. The van der Waals surface area contributed by atoms with Gasteiger partial charge in [0.15, 0.2) is 0 Å². The van der Waals surface area contributed by atoms with E-state index in [9.17, 15) is 0 Å². The number of fused-ring (bicyclic) bond motifs is 17. The molecule has 0 saturated heterocycles. The molecule has 0 saturated carbocycles. The molecule has 0 N–H and O–H groups in total. The van der Waals surface area contributed by atoms with E-state index in [-0.39, 0.29) is 10.8 Å². The lowest BCUT2D eigenvalue weighted by molar-refractivity contribution is 0.660. The minimum Gasteiger partial charge on any atom is -0.456 e. The molecule has 0 bridgehead atoms. The average Bonchev–Trinajstić information content (AvgIpc) is 1.62. The second-order valence-electron chi connectivity index (χ2n) is 26.0. The minimum atomic E-state index is -0.165. The fourth-order valence-electron chi connectivity index (χ4n) is 15.7. The third kappa shape index (κ3) is 7.71. The molecule has 0 aliphatic heterocycles. The summed E-state index contributed by atoms with van der Waals surface area (Å²) < 4.78 is 20.8. The van der Waals surface area contributed by atoms with Crippen molar-refractivity contribution in [2.24, 2.45) is 0 Å². The van der Waals surface area contributed by atoms with Gasteiger partial charge in [-0.05, 0) is 185 Å². The van der Waals surface area contributed by atoms with Gasteiger partial charge in [0, 0.05) is 89.4 Å². The lowest BCUT2D eigenvalue weighted by Gasteiger charge is -2.28. The molecular formula is C86H58N2O3. The number of hydrogen-bond acceptors (Lipinski definition) is 5. The van der Waals surface area contributed by atoms with Crippen molar-refractivity contribution < 1.29 is 13.3 Å². The Labute approximate surface area is 525 Å². The van der Waals surface area contributed by atoms with Crippen LogP contribution in [0.1, 0.15) is 49.9 Å². The molecule has 14 aromatic carbocycles. The standard InChI is InChI=1S/C86H58N2O3/c1-85(2)75-25-11-9-21-65(75)67-39-35-57(43-77(67)85)87(55-31-27-53(28-32-55)63-23-13-17-51-15-5-7-19-61(51)63)59-37-41-69-71-47-83-73(49-81(71)89-79(69)45-59)74-50-82-72(48-84(74)91-83)70-42-38-60(46-80(70)90-82)88(58-36-40-68-66-22-10-12-26-76(66)86(3,4)78(68)44-58)56-33-29-54(30-34-56)64-24-14-18-52-16-6-8-20-62(52)64/h5-50H,1-4H3. The first-order valence-electron chi connectivity index (χ1n) is 31.5. The van der Waals surface area contributed by atoms with Crippen molar-refractivity contribution in [3.8, 4) is 44.5 Å². The molecule has 2 aliphatic carbocycles. The fourth-order valence-corrected chi connectivity index (χ4v) is 15.7. The normalized spacial score (nSPS) is 13.7. The molecule has 5 heteroatoms. The van der Waals surface area contributed by atoms with Gasteiger partial charge < -0.3 is 23.1 Å². The first-order chi connectivity index (χ1) is 44.6. The minimum absolute atomic E-state index is 0.165. The number of nitrogens with zero attached hydrogens (tertiary/aromatic N) is 2. The maximum Gasteiger partial charge on any atom is 0.137 e. The average molecular weight is 1170 g/mol. The molecule has 0 unspecified atom stereocenters. The van der Waals surface area contributed by atoms with Gasteiger partial charge in [-0.1, -0.05) is 198 Å². The summed E-state index contributed by atoms with van der Waals surface area (Å²) in [7, 11) is 0. The lowest BCUT2D eigenvalue weighted by Crippen LogP contribution is -2.16. The predicted molar refractivity (Wildman–Crippen MR) is 379 cm³/mol. The highest BCUT2D eigenvalue weighted by Gasteiger charge is 2.37. The molecule has 91 heavy (non-hydrogen) atoms. The van der Waals surface area contributed by atoms with E-state index >= 15 is 0 Å². The Morgan fingerprint density at radius 1 is 0.220 bits per heavy atom. The van der Waals surface area contributed by atoms with Crippen LogP contribution in [0.2, 0.25) is 0 Å². The number of anilines is 6. The Bertz CT molecular complexity index is 5540. The molecule has 0 atom stereocenters. The van der Waals surface area contributed by atoms with Crippen LogP contribution in [0.3, 0.4) is 0 Å². The second-order valence-corrected chi connectivity index (χ2v) is 26.0. The van der Waals surface area contributed by atoms with E-state index in [1.54, 1.807) is 0 Å². The van der Waals surface area contributed by atoms with Gasteiger partial charge in [0.05, 0.1) is 0 Å². The van der Waals surface area contributed by atoms with E-state index in [4.69, 9.17) is 13.3 Å². The van der Waals surface area contributed by atoms with Crippen LogP contribution >= 0.6 is 0 Å². The molecule has 3 heterocycles. The van der Waals surface area contributed by atoms with Crippen LogP contribution in [-0.4, -0.2) is 0 Å². The molecule has 2 aliphatic rings. The first-order valence-corrected chi connectivity index (χ1v) is 31.5. The Morgan fingerprint density at radius 3 is 0.956 bits per heavy atom. The molecule has 17 aromatic rings. The molecule has 430 valence electrons. The van der Waals surface area contributed by atoms with E-state index in [2.05, 4.69) is 317 Å². The summed E-state index contributed by atoms with van der Waals surface area (Å²) in [6.45, 7) is 9.38. The van der Waals surface area contributed by atoms with Crippen LogP contribution in [0, 0.1) is 0 Å². The van der Waals surface area contributed by atoms with Crippen molar-refractivity contribution in [3.05, 3.63) is 301 Å². The molecule has 0 spiro atoms. The molecule has 0 fully saturated rings. The Balaban J connectivity index is 0.702. The van der Waals surface area contributed by atoms with Gasteiger partial charge in [-0.2, -0.15) is 0 Å². The van der Waals surface area contributed by atoms with Gasteiger partial charge in [-0.25, -0.2) is 0 Å². The maximum absolute atomic E-state index is 6.95. The van der Waals surface area contributed by atoms with Crippen molar-refractivity contribution in [3.63, 3.8) is 0 Å². The summed E-state index contributed by atoms with van der Waals surface area (Å²) in [5.74, 6) is 0. The van der Waals surface area contributed by atoms with Crippen molar-refractivity contribution in [2.75, 3.05) is 9.80 Å². The summed E-state index contributed by atoms with van der Waals surface area (Å²) in [6.07, 6.45) is 0. The number of furan rings is 3. The van der Waals surface area contributed by atoms with E-state index < -0.39 is 0 Å². The first kappa shape index (κ1) is 51.6. The smallest absolute Gasteiger partial charge is 0.137 e. The van der Waals surface area contributed by atoms with Crippen molar-refractivity contribution >= 4 is 121 Å². The topological polar surface area (TPSA) is 45.9 Å². The fraction of sp³-hybridized carbons (Fsp3) is 0.0698. The molecule has 19 rings (SSSR count). The van der Waals surface area contributed by atoms with Gasteiger partial charge in [0.25, 0.3) is 0 Å². The summed E-state index contributed by atoms with van der Waals surface area (Å²) in [6, 6.07) is 102. The van der Waals surface area contributed by atoms with Crippen molar-refractivity contribution in [1.82, 2.24) is 0 Å². The Hall–Kier alpha value is -11.4. The number of rotatable bonds is 8. The van der Waals surface area contributed by atoms with Gasteiger partial charge in [-0.15, -0.1) is 0 Å². The zero-order chi connectivity index (χ0) is 60.4. The van der Waals surface area contributed by atoms with Crippen LogP contribution in [0.25, 0.3) is 132 Å². The lowest BCUT2D eigenvalue weighted by atomic mass is 9.82. The Kier molecular flexibility index (Phi) is 10.8. The third-order valence-corrected chi connectivity index (χ3v) is 20.2. The summed E-state index contributed by atoms with van der Waals surface area (Å²) >= 11 is 0.